The largest absolute Gasteiger partial charge is 0.486 e. The number of halogens is 3. The van der Waals surface area contributed by atoms with Crippen LogP contribution in [0, 0.1) is 0 Å². The lowest BCUT2D eigenvalue weighted by Crippen LogP contribution is -2.30. The third kappa shape index (κ3) is 5.66. The summed E-state index contributed by atoms with van der Waals surface area (Å²) in [5.41, 5.74) is 4.48. The van der Waals surface area contributed by atoms with E-state index in [1.807, 2.05) is 48.7 Å². The Bertz CT molecular complexity index is 1890. The number of nitrogens with zero attached hydrogens (tertiary/aromatic N) is 5. The number of benzene rings is 2. The highest BCUT2D eigenvalue weighted by atomic mass is 19.4. The number of carboxylic acids is 1. The zero-order chi connectivity index (χ0) is 31.1. The van der Waals surface area contributed by atoms with Crippen LogP contribution in [-0.2, 0) is 32.1 Å². The lowest BCUT2D eigenvalue weighted by molar-refractivity contribution is -0.143. The number of carbonyl (C=O) groups is 1. The highest BCUT2D eigenvalue weighted by Gasteiger charge is 2.41. The second-order valence-electron chi connectivity index (χ2n) is 11.2. The van der Waals surface area contributed by atoms with E-state index in [0.717, 1.165) is 67.0 Å². The predicted molar refractivity (Wildman–Crippen MR) is 159 cm³/mol. The smallest absolute Gasteiger partial charge is 0.434 e. The summed E-state index contributed by atoms with van der Waals surface area (Å²) in [6, 6.07) is 22.7. The van der Waals surface area contributed by atoms with Crippen molar-refractivity contribution in [3.8, 4) is 22.8 Å². The normalized spacial score (nSPS) is 16.3. The molecule has 0 bridgehead atoms. The lowest BCUT2D eigenvalue weighted by atomic mass is 9.98. The van der Waals surface area contributed by atoms with Gasteiger partial charge in [-0.05, 0) is 72.4 Å². The van der Waals surface area contributed by atoms with Gasteiger partial charge in [-0.2, -0.15) is 18.3 Å². The van der Waals surface area contributed by atoms with Crippen molar-refractivity contribution in [1.29, 1.82) is 0 Å². The molecule has 11 heteroatoms. The number of aromatic carboxylic acids is 1. The van der Waals surface area contributed by atoms with E-state index in [1.54, 1.807) is 12.1 Å². The van der Waals surface area contributed by atoms with E-state index in [2.05, 4.69) is 32.1 Å². The molecule has 1 aliphatic heterocycles. The zero-order valence-electron chi connectivity index (χ0n) is 24.0. The molecular formula is C34H28F3N5O3. The number of ether oxygens (including phenoxy) is 1. The molecule has 1 aliphatic carbocycles. The van der Waals surface area contributed by atoms with Crippen molar-refractivity contribution in [3.63, 3.8) is 0 Å². The molecule has 45 heavy (non-hydrogen) atoms. The fourth-order valence-electron chi connectivity index (χ4n) is 6.31. The number of alkyl halides is 3. The van der Waals surface area contributed by atoms with Crippen molar-refractivity contribution >= 4 is 5.97 Å². The standard InChI is InChI=1S/C34H28F3N5O3/c35-34(36,37)32-27(33(43)44)18-39-42(32)30-9-4-8-28(40-30)26-7-3-5-21-11-13-29(31(21)26)45-25-12-10-23-19-41(16-14-22(23)17-25)20-24-6-1-2-15-38-24/h1-10,12,15,17-18,29H,11,13-14,16,19-20H2,(H,43,44). The fraction of sp³-hybridized carbons (Fsp3) is 0.235. The first-order chi connectivity index (χ1) is 21.7. The molecule has 5 aromatic rings. The van der Waals surface area contributed by atoms with Gasteiger partial charge in [-0.3, -0.25) is 9.88 Å². The Labute approximate surface area is 256 Å². The second-order valence-corrected chi connectivity index (χ2v) is 11.2. The number of rotatable bonds is 7. The number of hydrogen-bond donors (Lipinski definition) is 1. The number of hydrogen-bond acceptors (Lipinski definition) is 6. The first-order valence-corrected chi connectivity index (χ1v) is 14.6. The van der Waals surface area contributed by atoms with Crippen molar-refractivity contribution in [3.05, 3.63) is 124 Å². The van der Waals surface area contributed by atoms with Gasteiger partial charge in [0.25, 0.3) is 0 Å². The van der Waals surface area contributed by atoms with Gasteiger partial charge in [0.2, 0.25) is 0 Å². The Balaban J connectivity index is 1.15. The molecule has 1 unspecified atom stereocenters. The summed E-state index contributed by atoms with van der Waals surface area (Å²) in [7, 11) is 0. The highest BCUT2D eigenvalue weighted by Crippen LogP contribution is 2.42. The number of fused-ring (bicyclic) bond motifs is 2. The number of carboxylic acid groups (broad SMARTS) is 1. The average Bonchev–Trinajstić information content (AvgIpc) is 3.67. The molecule has 2 aliphatic rings. The van der Waals surface area contributed by atoms with Crippen LogP contribution in [0.25, 0.3) is 17.1 Å². The van der Waals surface area contributed by atoms with E-state index in [4.69, 9.17) is 4.74 Å². The Morgan fingerprint density at radius 3 is 2.64 bits per heavy atom. The van der Waals surface area contributed by atoms with Gasteiger partial charge < -0.3 is 9.84 Å². The van der Waals surface area contributed by atoms with Crippen molar-refractivity contribution in [2.24, 2.45) is 0 Å². The van der Waals surface area contributed by atoms with Crippen LogP contribution in [0.3, 0.4) is 0 Å². The van der Waals surface area contributed by atoms with E-state index in [9.17, 15) is 23.1 Å². The van der Waals surface area contributed by atoms with E-state index in [-0.39, 0.29) is 11.9 Å². The van der Waals surface area contributed by atoms with Crippen LogP contribution < -0.4 is 4.74 Å². The molecule has 0 radical (unpaired) electrons. The zero-order valence-corrected chi connectivity index (χ0v) is 24.0. The maximum Gasteiger partial charge on any atom is 0.434 e. The third-order valence-electron chi connectivity index (χ3n) is 8.35. The van der Waals surface area contributed by atoms with Crippen LogP contribution in [0.4, 0.5) is 13.2 Å². The molecule has 1 atom stereocenters. The van der Waals surface area contributed by atoms with Crippen molar-refractivity contribution in [1.82, 2.24) is 24.6 Å². The Hall–Kier alpha value is -5.03. The summed E-state index contributed by atoms with van der Waals surface area (Å²) in [6.07, 6.45) is -0.254. The molecule has 7 rings (SSSR count). The summed E-state index contributed by atoms with van der Waals surface area (Å²) in [5, 5.41) is 13.1. The lowest BCUT2D eigenvalue weighted by Gasteiger charge is -2.29. The van der Waals surface area contributed by atoms with Gasteiger partial charge >= 0.3 is 12.1 Å². The summed E-state index contributed by atoms with van der Waals surface area (Å²) in [4.78, 5) is 22.8. The van der Waals surface area contributed by atoms with Crippen LogP contribution >= 0.6 is 0 Å². The van der Waals surface area contributed by atoms with Gasteiger partial charge in [-0.25, -0.2) is 14.5 Å². The number of aromatic nitrogens is 4. The molecule has 3 aromatic heterocycles. The second kappa shape index (κ2) is 11.5. The minimum atomic E-state index is -4.94. The molecule has 0 spiro atoms. The summed E-state index contributed by atoms with van der Waals surface area (Å²) >= 11 is 0. The van der Waals surface area contributed by atoms with Crippen molar-refractivity contribution < 1.29 is 27.8 Å². The summed E-state index contributed by atoms with van der Waals surface area (Å²) in [6.45, 7) is 2.56. The molecule has 0 amide bonds. The molecule has 8 nitrogen and oxygen atoms in total. The van der Waals surface area contributed by atoms with Gasteiger partial charge in [0.15, 0.2) is 11.5 Å². The maximum absolute atomic E-state index is 13.9. The fourth-order valence-corrected chi connectivity index (χ4v) is 6.31. The Kier molecular flexibility index (Phi) is 7.33. The molecule has 228 valence electrons. The quantitative estimate of drug-likeness (QED) is 0.220. The SMILES string of the molecule is O=C(O)c1cnn(-c2cccc(-c3cccc4c3C(Oc3ccc5c(c3)CCN(Cc3ccccn3)C5)CC4)n2)c1C(F)(F)F. The van der Waals surface area contributed by atoms with Crippen LogP contribution in [0.2, 0.25) is 0 Å². The monoisotopic (exact) mass is 611 g/mol. The highest BCUT2D eigenvalue weighted by molar-refractivity contribution is 5.89. The first-order valence-electron chi connectivity index (χ1n) is 14.6. The number of pyridine rings is 2. The van der Waals surface area contributed by atoms with E-state index < -0.39 is 23.4 Å². The molecule has 0 saturated carbocycles. The predicted octanol–water partition coefficient (Wildman–Crippen LogP) is 6.67. The number of aryl methyl sites for hydroxylation is 1. The summed E-state index contributed by atoms with van der Waals surface area (Å²) < 4.78 is 48.8. The van der Waals surface area contributed by atoms with Crippen molar-refractivity contribution in [2.45, 2.75) is 44.6 Å². The van der Waals surface area contributed by atoms with Gasteiger partial charge in [-0.15, -0.1) is 0 Å². The van der Waals surface area contributed by atoms with Crippen LogP contribution in [0.5, 0.6) is 5.75 Å². The van der Waals surface area contributed by atoms with Gasteiger partial charge in [0.1, 0.15) is 17.4 Å². The van der Waals surface area contributed by atoms with E-state index >= 15 is 0 Å². The van der Waals surface area contributed by atoms with Crippen LogP contribution in [0.15, 0.2) is 85.2 Å². The Morgan fingerprint density at radius 1 is 0.978 bits per heavy atom. The van der Waals surface area contributed by atoms with Gasteiger partial charge in [0, 0.05) is 37.0 Å². The Morgan fingerprint density at radius 2 is 1.84 bits per heavy atom. The van der Waals surface area contributed by atoms with Crippen LogP contribution in [0.1, 0.15) is 56.5 Å². The topological polar surface area (TPSA) is 93.4 Å². The van der Waals surface area contributed by atoms with Crippen LogP contribution in [-0.4, -0.2) is 42.3 Å². The van der Waals surface area contributed by atoms with Gasteiger partial charge in [0.05, 0.1) is 17.6 Å². The molecule has 0 saturated heterocycles. The van der Waals surface area contributed by atoms with E-state index in [0.29, 0.717) is 16.6 Å². The third-order valence-corrected chi connectivity index (χ3v) is 8.35. The minimum absolute atomic E-state index is 0.132. The average molecular weight is 612 g/mol. The van der Waals surface area contributed by atoms with E-state index in [1.165, 1.54) is 17.2 Å². The molecule has 4 heterocycles. The molecular weight excluding hydrogens is 583 g/mol. The molecule has 1 N–H and O–H groups in total. The van der Waals surface area contributed by atoms with Crippen molar-refractivity contribution in [2.75, 3.05) is 6.54 Å². The molecule has 2 aromatic carbocycles. The minimum Gasteiger partial charge on any atom is -0.486 e. The maximum atomic E-state index is 13.9. The summed E-state index contributed by atoms with van der Waals surface area (Å²) in [5.74, 6) is -1.07. The molecule has 0 fully saturated rings. The first kappa shape index (κ1) is 28.7. The van der Waals surface area contributed by atoms with Gasteiger partial charge in [-0.1, -0.05) is 36.4 Å².